The average molecular weight is 245 g/mol. The van der Waals surface area contributed by atoms with Crippen LogP contribution < -0.4 is 10.6 Å². The quantitative estimate of drug-likeness (QED) is 0.533. The first kappa shape index (κ1) is 15.2. The van der Waals surface area contributed by atoms with Crippen LogP contribution in [-0.4, -0.2) is 55.1 Å². The fourth-order valence-electron chi connectivity index (χ4n) is 0.980. The molecule has 0 aromatic heterocycles. The van der Waals surface area contributed by atoms with Gasteiger partial charge in [-0.25, -0.2) is 4.79 Å². The second-order valence-corrected chi connectivity index (χ2v) is 3.75. The van der Waals surface area contributed by atoms with Crippen LogP contribution in [0, 0.1) is 0 Å². The van der Waals surface area contributed by atoms with Gasteiger partial charge in [-0.1, -0.05) is 0 Å². The average Bonchev–Trinajstić information content (AvgIpc) is 2.24. The van der Waals surface area contributed by atoms with Gasteiger partial charge in [-0.05, 0) is 12.8 Å². The summed E-state index contributed by atoms with van der Waals surface area (Å²) in [4.78, 5) is 33.9. The third kappa shape index (κ3) is 9.16. The minimum Gasteiger partial charge on any atom is -0.481 e. The van der Waals surface area contributed by atoms with Crippen LogP contribution in [0.4, 0.5) is 4.79 Å². The second-order valence-electron chi connectivity index (χ2n) is 3.75. The zero-order valence-electron chi connectivity index (χ0n) is 10.2. The zero-order chi connectivity index (χ0) is 13.3. The molecule has 0 atom stereocenters. The molecule has 98 valence electrons. The van der Waals surface area contributed by atoms with E-state index in [4.69, 9.17) is 5.11 Å². The van der Waals surface area contributed by atoms with Gasteiger partial charge in [-0.15, -0.1) is 0 Å². The Balaban J connectivity index is 3.47. The first-order valence-electron chi connectivity index (χ1n) is 5.37. The number of urea groups is 1. The van der Waals surface area contributed by atoms with E-state index in [0.29, 0.717) is 19.4 Å². The van der Waals surface area contributed by atoms with Crippen molar-refractivity contribution < 1.29 is 19.5 Å². The molecule has 0 fully saturated rings. The number of hydrogen-bond donors (Lipinski definition) is 3. The third-order valence-corrected chi connectivity index (χ3v) is 2.00. The Kier molecular flexibility index (Phi) is 7.49. The SMILES string of the molecule is CN(C)C(=O)CNC(=O)NCCCCC(=O)O. The summed E-state index contributed by atoms with van der Waals surface area (Å²) < 4.78 is 0. The van der Waals surface area contributed by atoms with Crippen LogP contribution in [0.25, 0.3) is 0 Å². The van der Waals surface area contributed by atoms with Crippen LogP contribution in [0.1, 0.15) is 19.3 Å². The molecule has 3 N–H and O–H groups in total. The highest BCUT2D eigenvalue weighted by atomic mass is 16.4. The van der Waals surface area contributed by atoms with E-state index >= 15 is 0 Å². The molecule has 3 amide bonds. The zero-order valence-corrected chi connectivity index (χ0v) is 10.2. The largest absolute Gasteiger partial charge is 0.481 e. The van der Waals surface area contributed by atoms with Gasteiger partial charge in [0.25, 0.3) is 0 Å². The topological polar surface area (TPSA) is 98.7 Å². The number of carboxylic acid groups (broad SMARTS) is 1. The van der Waals surface area contributed by atoms with Crippen LogP contribution in [0.5, 0.6) is 0 Å². The van der Waals surface area contributed by atoms with Crippen molar-refractivity contribution in [3.05, 3.63) is 0 Å². The lowest BCUT2D eigenvalue weighted by Crippen LogP contribution is -2.41. The summed E-state index contributed by atoms with van der Waals surface area (Å²) in [6.45, 7) is 0.350. The number of rotatable bonds is 7. The van der Waals surface area contributed by atoms with Gasteiger partial charge < -0.3 is 20.6 Å². The molecule has 0 spiro atoms. The van der Waals surface area contributed by atoms with E-state index in [9.17, 15) is 14.4 Å². The lowest BCUT2D eigenvalue weighted by atomic mass is 10.2. The van der Waals surface area contributed by atoms with Crippen LogP contribution >= 0.6 is 0 Å². The monoisotopic (exact) mass is 245 g/mol. The van der Waals surface area contributed by atoms with Crippen LogP contribution in [-0.2, 0) is 9.59 Å². The summed E-state index contributed by atoms with van der Waals surface area (Å²) in [7, 11) is 3.21. The normalized spacial score (nSPS) is 9.53. The summed E-state index contributed by atoms with van der Waals surface area (Å²) in [6.07, 6.45) is 1.22. The van der Waals surface area contributed by atoms with E-state index < -0.39 is 12.0 Å². The van der Waals surface area contributed by atoms with Gasteiger partial charge in [-0.2, -0.15) is 0 Å². The number of hydrogen-bond acceptors (Lipinski definition) is 3. The van der Waals surface area contributed by atoms with Crippen molar-refractivity contribution in [3.63, 3.8) is 0 Å². The van der Waals surface area contributed by atoms with E-state index in [1.165, 1.54) is 4.90 Å². The molecule has 0 saturated heterocycles. The Morgan fingerprint density at radius 3 is 2.29 bits per heavy atom. The van der Waals surface area contributed by atoms with Crippen molar-refractivity contribution in [2.75, 3.05) is 27.2 Å². The molecule has 0 bridgehead atoms. The number of nitrogens with one attached hydrogen (secondary N) is 2. The van der Waals surface area contributed by atoms with Crippen LogP contribution in [0.3, 0.4) is 0 Å². The molecule has 0 radical (unpaired) electrons. The van der Waals surface area contributed by atoms with Gasteiger partial charge in [0.2, 0.25) is 5.91 Å². The van der Waals surface area contributed by atoms with Crippen LogP contribution in [0.15, 0.2) is 0 Å². The molecule has 0 heterocycles. The molecular formula is C10H19N3O4. The maximum absolute atomic E-state index is 11.2. The molecule has 7 heteroatoms. The molecule has 0 aliphatic carbocycles. The molecule has 0 rings (SSSR count). The second kappa shape index (κ2) is 8.37. The fourth-order valence-corrected chi connectivity index (χ4v) is 0.980. The van der Waals surface area contributed by atoms with E-state index in [2.05, 4.69) is 10.6 Å². The Labute approximate surface area is 100 Å². The summed E-state index contributed by atoms with van der Waals surface area (Å²) in [5.74, 6) is -1.03. The molecule has 0 saturated carbocycles. The minimum atomic E-state index is -0.842. The van der Waals surface area contributed by atoms with Crippen molar-refractivity contribution in [3.8, 4) is 0 Å². The van der Waals surface area contributed by atoms with E-state index in [-0.39, 0.29) is 18.9 Å². The number of carbonyl (C=O) groups excluding carboxylic acids is 2. The fraction of sp³-hybridized carbons (Fsp3) is 0.700. The highest BCUT2D eigenvalue weighted by Crippen LogP contribution is 1.92. The van der Waals surface area contributed by atoms with Gasteiger partial charge in [0.05, 0.1) is 6.54 Å². The predicted octanol–water partition coefficient (Wildman–Crippen LogP) is -0.371. The Morgan fingerprint density at radius 1 is 1.12 bits per heavy atom. The number of carbonyl (C=O) groups is 3. The van der Waals surface area contributed by atoms with E-state index in [1.54, 1.807) is 14.1 Å². The van der Waals surface area contributed by atoms with Crippen LogP contribution in [0.2, 0.25) is 0 Å². The molecule has 0 aliphatic heterocycles. The molecule has 17 heavy (non-hydrogen) atoms. The van der Waals surface area contributed by atoms with Gasteiger partial charge in [0.15, 0.2) is 0 Å². The smallest absolute Gasteiger partial charge is 0.315 e. The third-order valence-electron chi connectivity index (χ3n) is 2.00. The predicted molar refractivity (Wildman–Crippen MR) is 61.6 cm³/mol. The van der Waals surface area contributed by atoms with Gasteiger partial charge in [0.1, 0.15) is 0 Å². The van der Waals surface area contributed by atoms with Gasteiger partial charge in [0, 0.05) is 27.1 Å². The summed E-state index contributed by atoms with van der Waals surface area (Å²) in [5.41, 5.74) is 0. The molecular weight excluding hydrogens is 226 g/mol. The van der Waals surface area contributed by atoms with Crippen molar-refractivity contribution in [1.82, 2.24) is 15.5 Å². The maximum atomic E-state index is 11.2. The van der Waals surface area contributed by atoms with Crippen molar-refractivity contribution in [2.24, 2.45) is 0 Å². The highest BCUT2D eigenvalue weighted by Gasteiger charge is 2.06. The summed E-state index contributed by atoms with van der Waals surface area (Å²) in [6, 6.07) is -0.421. The lowest BCUT2D eigenvalue weighted by molar-refractivity contribution is -0.137. The van der Waals surface area contributed by atoms with E-state index in [1.807, 2.05) is 0 Å². The molecule has 0 aromatic rings. The van der Waals surface area contributed by atoms with Crippen molar-refractivity contribution in [2.45, 2.75) is 19.3 Å². The molecule has 0 aliphatic rings. The standard InChI is InChI=1S/C10H19N3O4/c1-13(2)8(14)7-12-10(17)11-6-4-3-5-9(15)16/h3-7H2,1-2H3,(H,15,16)(H2,11,12,17). The Hall–Kier alpha value is -1.79. The number of amides is 3. The first-order chi connectivity index (χ1) is 7.93. The number of aliphatic carboxylic acids is 1. The molecule has 7 nitrogen and oxygen atoms in total. The highest BCUT2D eigenvalue weighted by molar-refractivity contribution is 5.83. The Bertz CT molecular complexity index is 279. The number of carboxylic acids is 1. The summed E-state index contributed by atoms with van der Waals surface area (Å²) >= 11 is 0. The van der Waals surface area contributed by atoms with Crippen molar-refractivity contribution in [1.29, 1.82) is 0 Å². The minimum absolute atomic E-state index is 0.0477. The lowest BCUT2D eigenvalue weighted by Gasteiger charge is -2.11. The van der Waals surface area contributed by atoms with E-state index in [0.717, 1.165) is 0 Å². The molecule has 0 unspecified atom stereocenters. The first-order valence-corrected chi connectivity index (χ1v) is 5.37. The Morgan fingerprint density at radius 2 is 1.76 bits per heavy atom. The summed E-state index contributed by atoms with van der Waals surface area (Å²) in [5, 5.41) is 13.3. The number of unbranched alkanes of at least 4 members (excludes halogenated alkanes) is 1. The van der Waals surface area contributed by atoms with Crippen molar-refractivity contribution >= 4 is 17.9 Å². The van der Waals surface area contributed by atoms with Gasteiger partial charge in [-0.3, -0.25) is 9.59 Å². The number of likely N-dealkylation sites (N-methyl/N-ethyl adjacent to an activating group) is 1. The number of nitrogens with zero attached hydrogens (tertiary/aromatic N) is 1. The molecule has 0 aromatic carbocycles. The van der Waals surface area contributed by atoms with Gasteiger partial charge >= 0.3 is 12.0 Å². The maximum Gasteiger partial charge on any atom is 0.315 e.